The first kappa shape index (κ1) is 18.1. The molecule has 1 aliphatic carbocycles. The minimum absolute atomic E-state index is 0.0375. The Labute approximate surface area is 153 Å². The summed E-state index contributed by atoms with van der Waals surface area (Å²) in [5.74, 6) is -1.03. The Bertz CT molecular complexity index is 811. The Morgan fingerprint density at radius 1 is 0.962 bits per heavy atom. The Kier molecular flexibility index (Phi) is 6.02. The number of aliphatic hydroxyl groups excluding tert-OH is 1. The van der Waals surface area contributed by atoms with E-state index in [9.17, 15) is 9.59 Å². The fraction of sp³-hybridized carbons (Fsp3) is 0.333. The lowest BCUT2D eigenvalue weighted by Gasteiger charge is -2.27. The van der Waals surface area contributed by atoms with Crippen LogP contribution in [0.4, 0.5) is 5.69 Å². The van der Waals surface area contributed by atoms with Crippen molar-refractivity contribution in [3.05, 3.63) is 54.6 Å². The summed E-state index contributed by atoms with van der Waals surface area (Å²) in [5.41, 5.74) is 0.766. The van der Waals surface area contributed by atoms with Crippen LogP contribution in [0.15, 0.2) is 54.6 Å². The Hall–Kier alpha value is -2.66. The molecule has 26 heavy (non-hydrogen) atoms. The van der Waals surface area contributed by atoms with Gasteiger partial charge in [0.25, 0.3) is 0 Å². The van der Waals surface area contributed by atoms with Crippen LogP contribution in [0.3, 0.4) is 0 Å². The fourth-order valence-corrected chi connectivity index (χ4v) is 3.38. The van der Waals surface area contributed by atoms with Gasteiger partial charge < -0.3 is 15.7 Å². The van der Waals surface area contributed by atoms with Crippen LogP contribution < -0.4 is 10.6 Å². The van der Waals surface area contributed by atoms with E-state index in [1.165, 1.54) is 0 Å². The molecule has 5 heteroatoms. The first-order valence-electron chi connectivity index (χ1n) is 9.03. The molecule has 2 atom stereocenters. The molecular weight excluding hydrogens is 328 g/mol. The second-order valence-corrected chi connectivity index (χ2v) is 6.54. The zero-order chi connectivity index (χ0) is 18.4. The Morgan fingerprint density at radius 2 is 1.65 bits per heavy atom. The van der Waals surface area contributed by atoms with Crippen molar-refractivity contribution < 1.29 is 14.7 Å². The maximum atomic E-state index is 12.9. The van der Waals surface area contributed by atoms with Gasteiger partial charge in [-0.2, -0.15) is 0 Å². The lowest BCUT2D eigenvalue weighted by Crippen LogP contribution is -2.41. The van der Waals surface area contributed by atoms with Crippen molar-refractivity contribution in [2.24, 2.45) is 11.8 Å². The van der Waals surface area contributed by atoms with Gasteiger partial charge in [0.2, 0.25) is 11.8 Å². The third-order valence-electron chi connectivity index (χ3n) is 4.79. The molecule has 3 N–H and O–H groups in total. The maximum Gasteiger partial charge on any atom is 0.228 e. The minimum Gasteiger partial charge on any atom is -0.396 e. The lowest BCUT2D eigenvalue weighted by molar-refractivity contribution is -0.132. The van der Waals surface area contributed by atoms with E-state index in [1.54, 1.807) is 0 Å². The number of allylic oxidation sites excluding steroid dienone is 2. The van der Waals surface area contributed by atoms with Gasteiger partial charge in [-0.15, -0.1) is 0 Å². The highest BCUT2D eigenvalue weighted by atomic mass is 16.3. The quantitative estimate of drug-likeness (QED) is 0.552. The van der Waals surface area contributed by atoms with Crippen LogP contribution in [0.5, 0.6) is 0 Å². The van der Waals surface area contributed by atoms with Crippen molar-refractivity contribution in [2.45, 2.75) is 19.3 Å². The van der Waals surface area contributed by atoms with E-state index in [0.29, 0.717) is 25.8 Å². The number of aliphatic hydroxyl groups is 1. The third-order valence-corrected chi connectivity index (χ3v) is 4.79. The number of amides is 2. The topological polar surface area (TPSA) is 78.4 Å². The molecule has 2 aromatic rings. The second-order valence-electron chi connectivity index (χ2n) is 6.54. The summed E-state index contributed by atoms with van der Waals surface area (Å²) in [6.07, 6.45) is 5.54. The van der Waals surface area contributed by atoms with Gasteiger partial charge in [0.1, 0.15) is 0 Å². The molecule has 0 aliphatic heterocycles. The van der Waals surface area contributed by atoms with E-state index in [4.69, 9.17) is 5.11 Å². The van der Waals surface area contributed by atoms with Crippen LogP contribution >= 0.6 is 0 Å². The SMILES string of the molecule is O=C(NCCCO)[C@H]1CC=CC[C@@H]1C(=O)Nc1cccc2ccccc12. The van der Waals surface area contributed by atoms with Gasteiger partial charge in [0.15, 0.2) is 0 Å². The number of fused-ring (bicyclic) bond motifs is 1. The number of benzene rings is 2. The van der Waals surface area contributed by atoms with Crippen molar-refractivity contribution in [2.75, 3.05) is 18.5 Å². The highest BCUT2D eigenvalue weighted by Crippen LogP contribution is 2.29. The smallest absolute Gasteiger partial charge is 0.228 e. The summed E-state index contributed by atoms with van der Waals surface area (Å²) in [5, 5.41) is 16.7. The molecule has 0 saturated carbocycles. The van der Waals surface area contributed by atoms with Gasteiger partial charge >= 0.3 is 0 Å². The molecule has 0 fully saturated rings. The molecule has 2 amide bonds. The second kappa shape index (κ2) is 8.63. The van der Waals surface area contributed by atoms with E-state index >= 15 is 0 Å². The summed E-state index contributed by atoms with van der Waals surface area (Å²) in [7, 11) is 0. The predicted octanol–water partition coefficient (Wildman–Crippen LogP) is 2.86. The number of rotatable bonds is 6. The number of nitrogens with one attached hydrogen (secondary N) is 2. The summed E-state index contributed by atoms with van der Waals surface area (Å²) in [6, 6.07) is 13.7. The van der Waals surface area contributed by atoms with E-state index < -0.39 is 5.92 Å². The van der Waals surface area contributed by atoms with Crippen molar-refractivity contribution in [1.82, 2.24) is 5.32 Å². The first-order chi connectivity index (χ1) is 12.7. The normalized spacial score (nSPS) is 19.3. The van der Waals surface area contributed by atoms with Crippen LogP contribution in [0.2, 0.25) is 0 Å². The van der Waals surface area contributed by atoms with E-state index in [2.05, 4.69) is 10.6 Å². The van der Waals surface area contributed by atoms with Crippen molar-refractivity contribution in [3.8, 4) is 0 Å². The monoisotopic (exact) mass is 352 g/mol. The summed E-state index contributed by atoms with van der Waals surface area (Å²) in [6.45, 7) is 0.461. The Balaban J connectivity index is 1.74. The molecule has 0 spiro atoms. The molecular formula is C21H24N2O3. The van der Waals surface area contributed by atoms with Gasteiger partial charge in [-0.1, -0.05) is 48.6 Å². The molecule has 136 valence electrons. The lowest BCUT2D eigenvalue weighted by atomic mass is 9.81. The molecule has 0 aromatic heterocycles. The van der Waals surface area contributed by atoms with Crippen LogP contribution in [0.1, 0.15) is 19.3 Å². The fourth-order valence-electron chi connectivity index (χ4n) is 3.38. The largest absolute Gasteiger partial charge is 0.396 e. The number of hydrogen-bond acceptors (Lipinski definition) is 3. The number of anilines is 1. The van der Waals surface area contributed by atoms with Gasteiger partial charge in [-0.25, -0.2) is 0 Å². The van der Waals surface area contributed by atoms with Crippen LogP contribution in [0, 0.1) is 11.8 Å². The van der Waals surface area contributed by atoms with E-state index in [-0.39, 0.29) is 24.3 Å². The van der Waals surface area contributed by atoms with E-state index in [0.717, 1.165) is 16.5 Å². The highest BCUT2D eigenvalue weighted by molar-refractivity contribution is 6.04. The summed E-state index contributed by atoms with van der Waals surface area (Å²) in [4.78, 5) is 25.3. The molecule has 5 nitrogen and oxygen atoms in total. The average Bonchev–Trinajstić information content (AvgIpc) is 2.68. The number of carbonyl (C=O) groups is 2. The molecule has 0 heterocycles. The maximum absolute atomic E-state index is 12.9. The minimum atomic E-state index is -0.395. The van der Waals surface area contributed by atoms with Crippen LogP contribution in [-0.2, 0) is 9.59 Å². The third kappa shape index (κ3) is 4.11. The van der Waals surface area contributed by atoms with Crippen molar-refractivity contribution in [3.63, 3.8) is 0 Å². The number of hydrogen-bond donors (Lipinski definition) is 3. The standard InChI is InChI=1S/C21H24N2O3/c24-14-6-13-22-20(25)17-10-3-4-11-18(17)21(26)23-19-12-5-8-15-7-1-2-9-16(15)19/h1-5,7-9,12,17-18,24H,6,10-11,13-14H2,(H,22,25)(H,23,26)/t17-,18-/m0/s1. The highest BCUT2D eigenvalue weighted by Gasteiger charge is 2.34. The van der Waals surface area contributed by atoms with Crippen LogP contribution in [-0.4, -0.2) is 30.1 Å². The zero-order valence-corrected chi connectivity index (χ0v) is 14.7. The molecule has 0 unspecified atom stereocenters. The molecule has 0 saturated heterocycles. The molecule has 0 bridgehead atoms. The summed E-state index contributed by atoms with van der Waals surface area (Å²) < 4.78 is 0. The molecule has 0 radical (unpaired) electrons. The van der Waals surface area contributed by atoms with Gasteiger partial charge in [0.05, 0.1) is 11.8 Å². The van der Waals surface area contributed by atoms with Crippen LogP contribution in [0.25, 0.3) is 10.8 Å². The predicted molar refractivity (Wildman–Crippen MR) is 103 cm³/mol. The summed E-state index contributed by atoms with van der Waals surface area (Å²) >= 11 is 0. The van der Waals surface area contributed by atoms with E-state index in [1.807, 2.05) is 54.6 Å². The first-order valence-corrected chi connectivity index (χ1v) is 9.03. The number of carbonyl (C=O) groups excluding carboxylic acids is 2. The van der Waals surface area contributed by atoms with Gasteiger partial charge in [0, 0.05) is 24.2 Å². The van der Waals surface area contributed by atoms with Gasteiger partial charge in [-0.05, 0) is 30.7 Å². The van der Waals surface area contributed by atoms with Gasteiger partial charge in [-0.3, -0.25) is 9.59 Å². The molecule has 2 aromatic carbocycles. The Morgan fingerprint density at radius 3 is 2.42 bits per heavy atom. The average molecular weight is 352 g/mol. The van der Waals surface area contributed by atoms with Crippen molar-refractivity contribution >= 4 is 28.3 Å². The van der Waals surface area contributed by atoms with Crippen molar-refractivity contribution in [1.29, 1.82) is 0 Å². The zero-order valence-electron chi connectivity index (χ0n) is 14.7. The molecule has 1 aliphatic rings. The molecule has 3 rings (SSSR count).